The number of allylic oxidation sites excluding steroid dienone is 2. The van der Waals surface area contributed by atoms with Gasteiger partial charge in [0.2, 0.25) is 0 Å². The van der Waals surface area contributed by atoms with E-state index in [2.05, 4.69) is 71.3 Å². The van der Waals surface area contributed by atoms with Gasteiger partial charge in [0.1, 0.15) is 0 Å². The van der Waals surface area contributed by atoms with Crippen molar-refractivity contribution in [1.29, 1.82) is 0 Å². The first kappa shape index (κ1) is 22.3. The van der Waals surface area contributed by atoms with Crippen molar-refractivity contribution in [1.82, 2.24) is 4.57 Å². The fourth-order valence-corrected chi connectivity index (χ4v) is 8.34. The highest BCUT2D eigenvalue weighted by Crippen LogP contribution is 2.51. The van der Waals surface area contributed by atoms with Crippen LogP contribution in [0.3, 0.4) is 0 Å². The minimum Gasteiger partial charge on any atom is -0.333 e. The molecule has 2 nitrogen and oxygen atoms in total. The normalized spacial score (nSPS) is 19.4. The van der Waals surface area contributed by atoms with Crippen LogP contribution in [0, 0.1) is 0 Å². The fraction of sp³-hybridized carbons (Fsp3) is 0.0370. The zero-order valence-electron chi connectivity index (χ0n) is 41.9. The van der Waals surface area contributed by atoms with Gasteiger partial charge in [-0.15, -0.1) is 0 Å². The number of para-hydroxylation sites is 2. The second-order valence-electron chi connectivity index (χ2n) is 13.9. The van der Waals surface area contributed by atoms with Crippen molar-refractivity contribution >= 4 is 33.2 Å². The Hall–Kier alpha value is -7.16. The highest BCUT2D eigenvalue weighted by molar-refractivity contribution is 6.12. The Bertz CT molecular complexity index is 3530. The van der Waals surface area contributed by atoms with Gasteiger partial charge in [0.25, 0.3) is 0 Å². The van der Waals surface area contributed by atoms with Crippen LogP contribution in [0.1, 0.15) is 27.9 Å². The lowest BCUT2D eigenvalue weighted by atomic mass is 9.86. The van der Waals surface area contributed by atoms with Gasteiger partial charge in [-0.25, -0.2) is 0 Å². The second-order valence-corrected chi connectivity index (χ2v) is 13.9. The fourth-order valence-electron chi connectivity index (χ4n) is 8.34. The van der Waals surface area contributed by atoms with Crippen LogP contribution in [0.25, 0.3) is 72.0 Å². The van der Waals surface area contributed by atoms with Gasteiger partial charge in [0.05, 0.1) is 39.2 Å². The molecule has 2 heteroatoms. The number of hydrogen-bond donors (Lipinski definition) is 0. The van der Waals surface area contributed by atoms with Gasteiger partial charge in [0.15, 0.2) is 0 Å². The molecular weight excluding hydrogens is 677 g/mol. The van der Waals surface area contributed by atoms with E-state index >= 15 is 0 Å². The van der Waals surface area contributed by atoms with Gasteiger partial charge in [-0.05, 0) is 93.0 Å². The predicted molar refractivity (Wildman–Crippen MR) is 236 cm³/mol. The summed E-state index contributed by atoms with van der Waals surface area (Å²) in [6.07, 6.45) is 0. The molecule has 0 radical (unpaired) electrons. The van der Waals surface area contributed by atoms with E-state index in [1.54, 1.807) is 12.1 Å². The molecule has 2 unspecified atom stereocenters. The molecule has 0 amide bonds. The topological polar surface area (TPSA) is 8.17 Å². The molecule has 0 spiro atoms. The lowest BCUT2D eigenvalue weighted by Gasteiger charge is -2.28. The standard InChI is InChI=1S/C54H38N2/c1-4-15-37(16-5-1)41-31-33-51-47(35-41)48-36-42(38-17-6-2-7-18-38)32-34-52(48)56(51)49-24-12-10-21-44(49)39-27-29-40(30-28-39)45-23-14-26-53-54(45)46-22-11-13-25-50(46)55(53)43-19-8-3-9-20-43/h1-36,46,50H/i3D,8D,9D,11D,13D,14D,19D,20D,22D,23D,25D,26D. The van der Waals surface area contributed by atoms with Crippen molar-refractivity contribution in [2.24, 2.45) is 0 Å². The van der Waals surface area contributed by atoms with E-state index < -0.39 is 72.4 Å². The Balaban J connectivity index is 1.09. The second kappa shape index (κ2) is 13.3. The van der Waals surface area contributed by atoms with Gasteiger partial charge in [-0.3, -0.25) is 0 Å². The third kappa shape index (κ3) is 5.26. The summed E-state index contributed by atoms with van der Waals surface area (Å²) in [5, 5.41) is 2.18. The minimum atomic E-state index is -1.38. The molecule has 2 aliphatic rings. The molecule has 264 valence electrons. The van der Waals surface area contributed by atoms with Crippen molar-refractivity contribution in [3.05, 3.63) is 224 Å². The highest BCUT2D eigenvalue weighted by atomic mass is 15.2. The maximum Gasteiger partial charge on any atom is 0.0645 e. The first-order valence-electron chi connectivity index (χ1n) is 24.5. The molecule has 0 N–H and O–H groups in total. The zero-order chi connectivity index (χ0) is 47.4. The SMILES string of the molecule is [2H]C1=C([2H])C2c3c(-c4ccc(-c5ccccc5-n5c6ccc(-c7ccccc7)cc6c6cc(-c7ccccc7)ccc65)cc4)c([2H])c([2H])c([2H])c3N(c3c([2H])c([2H])c([2H])c([2H])c3[2H])C2C([2H])=C1[2H]. The molecule has 0 bridgehead atoms. The Labute approximate surface area is 344 Å². The van der Waals surface area contributed by atoms with Crippen LogP contribution < -0.4 is 4.90 Å². The van der Waals surface area contributed by atoms with Crippen molar-refractivity contribution in [2.45, 2.75) is 12.0 Å². The number of benzene rings is 8. The van der Waals surface area contributed by atoms with Crippen LogP contribution in [0.5, 0.6) is 0 Å². The maximum absolute atomic E-state index is 9.34. The summed E-state index contributed by atoms with van der Waals surface area (Å²) in [4.78, 5) is 1.20. The summed E-state index contributed by atoms with van der Waals surface area (Å²) in [7, 11) is 0. The molecule has 56 heavy (non-hydrogen) atoms. The molecule has 1 aliphatic heterocycles. The minimum absolute atomic E-state index is 0.113. The van der Waals surface area contributed by atoms with E-state index in [0.717, 1.165) is 60.9 Å². The summed E-state index contributed by atoms with van der Waals surface area (Å²) < 4.78 is 109. The van der Waals surface area contributed by atoms with Gasteiger partial charge >= 0.3 is 0 Å². The number of fused-ring (bicyclic) bond motifs is 6. The summed E-state index contributed by atoms with van der Waals surface area (Å²) in [6.45, 7) is 0. The first-order chi connectivity index (χ1) is 32.8. The van der Waals surface area contributed by atoms with E-state index in [4.69, 9.17) is 12.3 Å². The third-order valence-corrected chi connectivity index (χ3v) is 10.9. The van der Waals surface area contributed by atoms with Crippen LogP contribution in [0.15, 0.2) is 218 Å². The summed E-state index contributed by atoms with van der Waals surface area (Å²) in [6, 6.07) is 41.3. The van der Waals surface area contributed by atoms with Crippen LogP contribution in [-0.2, 0) is 0 Å². The molecule has 0 fully saturated rings. The summed E-state index contributed by atoms with van der Waals surface area (Å²) >= 11 is 0. The smallest absolute Gasteiger partial charge is 0.0645 e. The lowest BCUT2D eigenvalue weighted by Crippen LogP contribution is -2.28. The number of nitrogens with zero attached hydrogens (tertiary/aromatic N) is 2. The Morgan fingerprint density at radius 2 is 1.00 bits per heavy atom. The van der Waals surface area contributed by atoms with E-state index in [-0.39, 0.29) is 34.6 Å². The Morgan fingerprint density at radius 1 is 0.429 bits per heavy atom. The van der Waals surface area contributed by atoms with Crippen LogP contribution in [-0.4, -0.2) is 10.6 Å². The van der Waals surface area contributed by atoms with Gasteiger partial charge < -0.3 is 9.47 Å². The highest BCUT2D eigenvalue weighted by Gasteiger charge is 2.39. The number of anilines is 2. The maximum atomic E-state index is 9.34. The van der Waals surface area contributed by atoms with E-state index in [1.807, 2.05) is 66.7 Å². The zero-order valence-corrected chi connectivity index (χ0v) is 29.9. The lowest BCUT2D eigenvalue weighted by molar-refractivity contribution is 0.745. The summed E-state index contributed by atoms with van der Waals surface area (Å²) in [5.41, 5.74) is 9.32. The van der Waals surface area contributed by atoms with Crippen molar-refractivity contribution in [2.75, 3.05) is 4.90 Å². The summed E-state index contributed by atoms with van der Waals surface area (Å²) in [5.74, 6) is -1.25. The van der Waals surface area contributed by atoms with Gasteiger partial charge in [-0.1, -0.05) is 170 Å². The van der Waals surface area contributed by atoms with Crippen molar-refractivity contribution < 1.29 is 16.4 Å². The van der Waals surface area contributed by atoms with Gasteiger partial charge in [-0.2, -0.15) is 0 Å². The molecule has 1 aromatic heterocycles. The van der Waals surface area contributed by atoms with Crippen molar-refractivity contribution in [3.63, 3.8) is 0 Å². The van der Waals surface area contributed by atoms with Crippen LogP contribution in [0.2, 0.25) is 0 Å². The third-order valence-electron chi connectivity index (χ3n) is 10.9. The van der Waals surface area contributed by atoms with Crippen LogP contribution >= 0.6 is 0 Å². The van der Waals surface area contributed by atoms with E-state index in [1.165, 1.54) is 4.90 Å². The van der Waals surface area contributed by atoms with E-state index in [9.17, 15) is 4.11 Å². The van der Waals surface area contributed by atoms with E-state index in [0.29, 0.717) is 5.56 Å². The number of rotatable bonds is 6. The quantitative estimate of drug-likeness (QED) is 0.166. The molecule has 9 aromatic rings. The monoisotopic (exact) mass is 726 g/mol. The molecule has 0 saturated heterocycles. The molecule has 8 aromatic carbocycles. The number of hydrogen-bond acceptors (Lipinski definition) is 1. The molecule has 2 heterocycles. The number of aromatic nitrogens is 1. The van der Waals surface area contributed by atoms with Crippen molar-refractivity contribution in [3.8, 4) is 50.2 Å². The Morgan fingerprint density at radius 3 is 1.66 bits per heavy atom. The Kier molecular flexibility index (Phi) is 5.29. The van der Waals surface area contributed by atoms with Gasteiger partial charge in [0, 0.05) is 33.6 Å². The molecule has 1 aliphatic carbocycles. The molecule has 0 saturated carbocycles. The molecular formula is C54H38N2. The average Bonchev–Trinajstić information content (AvgIpc) is 3.89. The molecule has 2 atom stereocenters. The first-order valence-corrected chi connectivity index (χ1v) is 18.5. The predicted octanol–water partition coefficient (Wildman–Crippen LogP) is 14.2. The average molecular weight is 727 g/mol. The molecule has 11 rings (SSSR count). The van der Waals surface area contributed by atoms with Crippen LogP contribution in [0.4, 0.5) is 11.4 Å². The largest absolute Gasteiger partial charge is 0.333 e.